The van der Waals surface area contributed by atoms with Crippen molar-refractivity contribution < 1.29 is 4.79 Å². The lowest BCUT2D eigenvalue weighted by molar-refractivity contribution is 0.197. The van der Waals surface area contributed by atoms with E-state index in [1.807, 2.05) is 26.0 Å². The molecule has 0 aliphatic heterocycles. The number of nitrogens with one attached hydrogen (secondary N) is 1. The van der Waals surface area contributed by atoms with Crippen LogP contribution >= 0.6 is 23.2 Å². The summed E-state index contributed by atoms with van der Waals surface area (Å²) in [5.41, 5.74) is 0.653. The minimum atomic E-state index is -0.304. The Bertz CT molecular complexity index is 482. The van der Waals surface area contributed by atoms with Crippen molar-refractivity contribution >= 4 is 29.2 Å². The maximum absolute atomic E-state index is 12.2. The van der Waals surface area contributed by atoms with E-state index in [0.29, 0.717) is 23.1 Å². The predicted octanol–water partition coefficient (Wildman–Crippen LogP) is 4.03. The Kier molecular flexibility index (Phi) is 4.26. The summed E-state index contributed by atoms with van der Waals surface area (Å²) in [5.74, 6) is 0. The Labute approximate surface area is 123 Å². The minimum Gasteiger partial charge on any atom is -0.328 e. The number of carbonyl (C=O) groups excluding carboxylic acids is 1. The summed E-state index contributed by atoms with van der Waals surface area (Å²) in [4.78, 5) is 13.9. The van der Waals surface area contributed by atoms with Gasteiger partial charge in [-0.1, -0.05) is 29.3 Å². The third-order valence-corrected chi connectivity index (χ3v) is 4.14. The van der Waals surface area contributed by atoms with Crippen LogP contribution in [0.4, 0.5) is 4.79 Å². The fraction of sp³-hybridized carbons (Fsp3) is 0.500. The Morgan fingerprint density at radius 2 is 1.95 bits per heavy atom. The molecule has 1 aliphatic rings. The molecule has 1 aromatic carbocycles. The average molecular weight is 301 g/mol. The monoisotopic (exact) mass is 300 g/mol. The van der Waals surface area contributed by atoms with Gasteiger partial charge in [-0.2, -0.15) is 0 Å². The Hall–Kier alpha value is -0.930. The molecule has 2 rings (SSSR count). The van der Waals surface area contributed by atoms with Gasteiger partial charge in [0.2, 0.25) is 0 Å². The lowest BCUT2D eigenvalue weighted by atomic mass is 10.1. The fourth-order valence-corrected chi connectivity index (χ4v) is 2.85. The van der Waals surface area contributed by atoms with Gasteiger partial charge in [-0.15, -0.1) is 0 Å². The number of hydrogen-bond donors (Lipinski definition) is 1. The molecule has 1 saturated carbocycles. The molecular weight excluding hydrogens is 283 g/mol. The number of amides is 2. The predicted molar refractivity (Wildman–Crippen MR) is 78.8 cm³/mol. The van der Waals surface area contributed by atoms with Crippen LogP contribution < -0.4 is 5.32 Å². The SMILES string of the molecule is CCN(CC)C(=O)NC1(c2ccc(Cl)cc2Cl)CC1. The molecule has 1 aliphatic carbocycles. The molecule has 1 N–H and O–H groups in total. The molecule has 1 fully saturated rings. The van der Waals surface area contributed by atoms with E-state index in [-0.39, 0.29) is 11.6 Å². The normalized spacial score (nSPS) is 16.0. The standard InChI is InChI=1S/C14H18Cl2N2O/c1-3-18(4-2)13(19)17-14(7-8-14)11-6-5-10(15)9-12(11)16/h5-6,9H,3-4,7-8H2,1-2H3,(H,17,19). The summed E-state index contributed by atoms with van der Waals surface area (Å²) in [6, 6.07) is 5.41. The second-order valence-electron chi connectivity index (χ2n) is 4.81. The van der Waals surface area contributed by atoms with Crippen molar-refractivity contribution in [1.29, 1.82) is 0 Å². The molecule has 104 valence electrons. The molecule has 19 heavy (non-hydrogen) atoms. The van der Waals surface area contributed by atoms with Gasteiger partial charge in [0.05, 0.1) is 5.54 Å². The van der Waals surface area contributed by atoms with Gasteiger partial charge >= 0.3 is 6.03 Å². The zero-order valence-electron chi connectivity index (χ0n) is 11.2. The van der Waals surface area contributed by atoms with Crippen molar-refractivity contribution in [3.05, 3.63) is 33.8 Å². The molecule has 0 saturated heterocycles. The van der Waals surface area contributed by atoms with E-state index < -0.39 is 0 Å². The average Bonchev–Trinajstić information content (AvgIpc) is 3.11. The van der Waals surface area contributed by atoms with Crippen LogP contribution in [-0.4, -0.2) is 24.0 Å². The summed E-state index contributed by atoms with van der Waals surface area (Å²) in [5, 5.41) is 4.33. The molecule has 0 unspecified atom stereocenters. The molecule has 2 amide bonds. The van der Waals surface area contributed by atoms with Crippen LogP contribution in [0.3, 0.4) is 0 Å². The summed E-state index contributed by atoms with van der Waals surface area (Å²) < 4.78 is 0. The van der Waals surface area contributed by atoms with Crippen LogP contribution in [0, 0.1) is 0 Å². The molecule has 5 heteroatoms. The first-order valence-electron chi connectivity index (χ1n) is 6.55. The first kappa shape index (κ1) is 14.5. The maximum atomic E-state index is 12.2. The minimum absolute atomic E-state index is 0.0338. The lowest BCUT2D eigenvalue weighted by Gasteiger charge is -2.25. The Balaban J connectivity index is 2.17. The second-order valence-corrected chi connectivity index (χ2v) is 5.65. The number of hydrogen-bond acceptors (Lipinski definition) is 1. The van der Waals surface area contributed by atoms with E-state index in [9.17, 15) is 4.79 Å². The first-order valence-corrected chi connectivity index (χ1v) is 7.30. The van der Waals surface area contributed by atoms with E-state index in [4.69, 9.17) is 23.2 Å². The number of carbonyl (C=O) groups is 1. The molecule has 0 aromatic heterocycles. The lowest BCUT2D eigenvalue weighted by Crippen LogP contribution is -2.44. The molecular formula is C14H18Cl2N2O. The Morgan fingerprint density at radius 3 is 2.42 bits per heavy atom. The highest BCUT2D eigenvalue weighted by molar-refractivity contribution is 6.35. The molecule has 0 radical (unpaired) electrons. The second kappa shape index (κ2) is 5.59. The van der Waals surface area contributed by atoms with E-state index in [1.54, 1.807) is 11.0 Å². The highest BCUT2D eigenvalue weighted by Crippen LogP contribution is 2.48. The van der Waals surface area contributed by atoms with Gasteiger partial charge in [-0.05, 0) is 44.4 Å². The first-order chi connectivity index (χ1) is 9.02. The highest BCUT2D eigenvalue weighted by Gasteiger charge is 2.47. The summed E-state index contributed by atoms with van der Waals surface area (Å²) in [7, 11) is 0. The van der Waals surface area contributed by atoms with Crippen LogP contribution in [0.5, 0.6) is 0 Å². The molecule has 0 spiro atoms. The van der Waals surface area contributed by atoms with Crippen molar-refractivity contribution in [1.82, 2.24) is 10.2 Å². The van der Waals surface area contributed by atoms with Gasteiger partial charge in [0.1, 0.15) is 0 Å². The summed E-state index contributed by atoms with van der Waals surface area (Å²) in [6.45, 7) is 5.34. The number of halogens is 2. The Morgan fingerprint density at radius 1 is 1.32 bits per heavy atom. The maximum Gasteiger partial charge on any atom is 0.318 e. The summed E-state index contributed by atoms with van der Waals surface area (Å²) >= 11 is 12.1. The van der Waals surface area contributed by atoms with Crippen molar-refractivity contribution in [2.75, 3.05) is 13.1 Å². The van der Waals surface area contributed by atoms with Crippen LogP contribution in [0.1, 0.15) is 32.3 Å². The van der Waals surface area contributed by atoms with Crippen LogP contribution in [0.25, 0.3) is 0 Å². The van der Waals surface area contributed by atoms with Crippen LogP contribution in [0.15, 0.2) is 18.2 Å². The zero-order chi connectivity index (χ0) is 14.0. The van der Waals surface area contributed by atoms with Gasteiger partial charge < -0.3 is 10.2 Å². The van der Waals surface area contributed by atoms with Gasteiger partial charge in [0.25, 0.3) is 0 Å². The van der Waals surface area contributed by atoms with E-state index in [0.717, 1.165) is 18.4 Å². The quantitative estimate of drug-likeness (QED) is 0.894. The topological polar surface area (TPSA) is 32.3 Å². The van der Waals surface area contributed by atoms with Gasteiger partial charge in [0, 0.05) is 23.1 Å². The van der Waals surface area contributed by atoms with Crippen molar-refractivity contribution in [2.45, 2.75) is 32.2 Å². The van der Waals surface area contributed by atoms with Gasteiger partial charge in [-0.3, -0.25) is 0 Å². The largest absolute Gasteiger partial charge is 0.328 e. The third kappa shape index (κ3) is 2.98. The fourth-order valence-electron chi connectivity index (χ4n) is 2.26. The van der Waals surface area contributed by atoms with E-state index >= 15 is 0 Å². The number of benzene rings is 1. The van der Waals surface area contributed by atoms with Crippen molar-refractivity contribution in [3.8, 4) is 0 Å². The molecule has 0 atom stereocenters. The molecule has 0 bridgehead atoms. The number of rotatable bonds is 4. The third-order valence-electron chi connectivity index (χ3n) is 3.59. The zero-order valence-corrected chi connectivity index (χ0v) is 12.7. The molecule has 0 heterocycles. The smallest absolute Gasteiger partial charge is 0.318 e. The number of urea groups is 1. The van der Waals surface area contributed by atoms with Gasteiger partial charge in [0.15, 0.2) is 0 Å². The van der Waals surface area contributed by atoms with Gasteiger partial charge in [-0.25, -0.2) is 4.79 Å². The van der Waals surface area contributed by atoms with Crippen LogP contribution in [-0.2, 0) is 5.54 Å². The summed E-state index contributed by atoms with van der Waals surface area (Å²) in [6.07, 6.45) is 1.84. The highest BCUT2D eigenvalue weighted by atomic mass is 35.5. The van der Waals surface area contributed by atoms with Crippen LogP contribution in [0.2, 0.25) is 10.0 Å². The molecule has 1 aromatic rings. The van der Waals surface area contributed by atoms with Crippen molar-refractivity contribution in [2.24, 2.45) is 0 Å². The van der Waals surface area contributed by atoms with Crippen molar-refractivity contribution in [3.63, 3.8) is 0 Å². The van der Waals surface area contributed by atoms with E-state index in [1.165, 1.54) is 0 Å². The molecule has 3 nitrogen and oxygen atoms in total. The van der Waals surface area contributed by atoms with E-state index in [2.05, 4.69) is 5.32 Å². The number of nitrogens with zero attached hydrogens (tertiary/aromatic N) is 1.